The zero-order chi connectivity index (χ0) is 9.40. The van der Waals surface area contributed by atoms with Crippen LogP contribution in [-0.2, 0) is 0 Å². The maximum Gasteiger partial charge on any atom is 0.00511 e. The molecular weight excluding hydrogens is 148 g/mol. The third-order valence-corrected chi connectivity index (χ3v) is 1.93. The summed E-state index contributed by atoms with van der Waals surface area (Å²) < 4.78 is 0. The molecule has 0 saturated carbocycles. The summed E-state index contributed by atoms with van der Waals surface area (Å²) in [4.78, 5) is 2.17. The summed E-state index contributed by atoms with van der Waals surface area (Å²) >= 11 is 0. The molecule has 0 radical (unpaired) electrons. The van der Waals surface area contributed by atoms with Crippen molar-refractivity contribution in [3.05, 3.63) is 12.7 Å². The summed E-state index contributed by atoms with van der Waals surface area (Å²) in [6, 6.07) is 0.368. The van der Waals surface area contributed by atoms with Crippen LogP contribution in [0.25, 0.3) is 0 Å². The number of hydrogen-bond donors (Lipinski definition) is 1. The molecule has 0 aromatic heterocycles. The van der Waals surface area contributed by atoms with Crippen LogP contribution in [0.5, 0.6) is 0 Å². The second kappa shape index (κ2) is 7.32. The van der Waals surface area contributed by atoms with Gasteiger partial charge in [0.15, 0.2) is 0 Å². The van der Waals surface area contributed by atoms with Crippen molar-refractivity contribution in [3.8, 4) is 0 Å². The number of hydrogen-bond acceptors (Lipinski definition) is 2. The Hall–Kier alpha value is -0.340. The van der Waals surface area contributed by atoms with E-state index in [2.05, 4.69) is 25.6 Å². The van der Waals surface area contributed by atoms with E-state index in [-0.39, 0.29) is 0 Å². The molecule has 0 aromatic rings. The Morgan fingerprint density at radius 3 is 2.58 bits per heavy atom. The minimum atomic E-state index is 0.368. The largest absolute Gasteiger partial charge is 0.328 e. The molecule has 0 saturated heterocycles. The molecule has 1 atom stereocenters. The van der Waals surface area contributed by atoms with E-state index in [0.29, 0.717) is 6.04 Å². The second-order valence-corrected chi connectivity index (χ2v) is 3.57. The van der Waals surface area contributed by atoms with Crippen molar-refractivity contribution in [2.75, 3.05) is 20.6 Å². The number of allylic oxidation sites excluding steroid dienone is 1. The Kier molecular flexibility index (Phi) is 7.11. The highest BCUT2D eigenvalue weighted by Gasteiger charge is 2.01. The first-order valence-electron chi connectivity index (χ1n) is 4.68. The van der Waals surface area contributed by atoms with Crippen LogP contribution in [0, 0.1) is 0 Å². The molecule has 0 aromatic carbocycles. The van der Waals surface area contributed by atoms with Gasteiger partial charge < -0.3 is 10.6 Å². The van der Waals surface area contributed by atoms with Gasteiger partial charge in [-0.1, -0.05) is 6.08 Å². The lowest BCUT2D eigenvalue weighted by Crippen LogP contribution is -2.25. The third kappa shape index (κ3) is 7.76. The quantitative estimate of drug-likeness (QED) is 0.465. The van der Waals surface area contributed by atoms with Gasteiger partial charge in [-0.05, 0) is 46.3 Å². The predicted molar refractivity (Wildman–Crippen MR) is 55.2 cm³/mol. The maximum atomic E-state index is 5.90. The van der Waals surface area contributed by atoms with Crippen LogP contribution in [-0.4, -0.2) is 31.6 Å². The minimum Gasteiger partial charge on any atom is -0.328 e. The Labute approximate surface area is 76.4 Å². The van der Waals surface area contributed by atoms with E-state index in [1.807, 2.05) is 6.08 Å². The predicted octanol–water partition coefficient (Wildman–Crippen LogP) is 1.62. The zero-order valence-corrected chi connectivity index (χ0v) is 8.42. The van der Waals surface area contributed by atoms with Gasteiger partial charge in [0, 0.05) is 6.04 Å². The highest BCUT2D eigenvalue weighted by Crippen LogP contribution is 2.02. The summed E-state index contributed by atoms with van der Waals surface area (Å²) in [6.45, 7) is 4.78. The van der Waals surface area contributed by atoms with Crippen LogP contribution in [0.1, 0.15) is 25.7 Å². The summed E-state index contributed by atoms with van der Waals surface area (Å²) in [5.74, 6) is 0. The number of unbranched alkanes of at least 4 members (excludes halogenated alkanes) is 1. The van der Waals surface area contributed by atoms with Crippen molar-refractivity contribution in [1.29, 1.82) is 0 Å². The molecule has 2 N–H and O–H groups in total. The summed E-state index contributed by atoms with van der Waals surface area (Å²) in [7, 11) is 4.16. The van der Waals surface area contributed by atoms with Crippen molar-refractivity contribution in [3.63, 3.8) is 0 Å². The van der Waals surface area contributed by atoms with Gasteiger partial charge in [-0.2, -0.15) is 0 Å². The number of rotatable bonds is 7. The zero-order valence-electron chi connectivity index (χ0n) is 8.42. The Bertz CT molecular complexity index is 110. The lowest BCUT2D eigenvalue weighted by Gasteiger charge is -2.14. The molecule has 0 bridgehead atoms. The molecule has 12 heavy (non-hydrogen) atoms. The maximum absolute atomic E-state index is 5.90. The molecule has 0 rings (SSSR count). The fourth-order valence-corrected chi connectivity index (χ4v) is 1.09. The van der Waals surface area contributed by atoms with Crippen molar-refractivity contribution in [1.82, 2.24) is 4.90 Å². The molecule has 2 nitrogen and oxygen atoms in total. The minimum absolute atomic E-state index is 0.368. The standard InChI is InChI=1S/C10H22N2/c1-4-5-6-7-10(11)8-9-12(2)3/h4,10H,1,5-9,11H2,2-3H3. The first-order chi connectivity index (χ1) is 5.66. The Morgan fingerprint density at radius 1 is 1.42 bits per heavy atom. The van der Waals surface area contributed by atoms with E-state index in [0.717, 1.165) is 25.8 Å². The smallest absolute Gasteiger partial charge is 0.00511 e. The van der Waals surface area contributed by atoms with Crippen LogP contribution >= 0.6 is 0 Å². The van der Waals surface area contributed by atoms with Gasteiger partial charge in [-0.3, -0.25) is 0 Å². The molecule has 0 aliphatic rings. The second-order valence-electron chi connectivity index (χ2n) is 3.57. The lowest BCUT2D eigenvalue weighted by atomic mass is 10.1. The Morgan fingerprint density at radius 2 is 2.08 bits per heavy atom. The van der Waals surface area contributed by atoms with Gasteiger partial charge in [0.05, 0.1) is 0 Å². The lowest BCUT2D eigenvalue weighted by molar-refractivity contribution is 0.373. The highest BCUT2D eigenvalue weighted by molar-refractivity contribution is 4.69. The Balaban J connectivity index is 3.21. The van der Waals surface area contributed by atoms with E-state index in [9.17, 15) is 0 Å². The van der Waals surface area contributed by atoms with Gasteiger partial charge >= 0.3 is 0 Å². The topological polar surface area (TPSA) is 29.3 Å². The molecule has 2 heteroatoms. The van der Waals surface area contributed by atoms with Gasteiger partial charge in [0.1, 0.15) is 0 Å². The van der Waals surface area contributed by atoms with Crippen LogP contribution in [0.3, 0.4) is 0 Å². The summed E-state index contributed by atoms with van der Waals surface area (Å²) in [6.07, 6.45) is 6.45. The SMILES string of the molecule is C=CCCCC(N)CCN(C)C. The van der Waals surface area contributed by atoms with Crippen molar-refractivity contribution in [2.24, 2.45) is 5.73 Å². The average Bonchev–Trinajstić information content (AvgIpc) is 2.01. The molecular formula is C10H22N2. The first kappa shape index (κ1) is 11.7. The molecule has 1 unspecified atom stereocenters. The molecule has 0 aliphatic heterocycles. The van der Waals surface area contributed by atoms with Crippen LogP contribution in [0.2, 0.25) is 0 Å². The molecule has 0 aliphatic carbocycles. The summed E-state index contributed by atoms with van der Waals surface area (Å²) in [5, 5.41) is 0. The van der Waals surface area contributed by atoms with Gasteiger partial charge in [-0.25, -0.2) is 0 Å². The monoisotopic (exact) mass is 170 g/mol. The normalized spacial score (nSPS) is 13.3. The number of nitrogens with two attached hydrogens (primary N) is 1. The fraction of sp³-hybridized carbons (Fsp3) is 0.800. The van der Waals surface area contributed by atoms with Crippen molar-refractivity contribution >= 4 is 0 Å². The third-order valence-electron chi connectivity index (χ3n) is 1.93. The average molecular weight is 170 g/mol. The van der Waals surface area contributed by atoms with Gasteiger partial charge in [-0.15, -0.1) is 6.58 Å². The highest BCUT2D eigenvalue weighted by atomic mass is 15.0. The van der Waals surface area contributed by atoms with E-state index in [4.69, 9.17) is 5.73 Å². The van der Waals surface area contributed by atoms with Crippen LogP contribution < -0.4 is 5.73 Å². The van der Waals surface area contributed by atoms with E-state index >= 15 is 0 Å². The van der Waals surface area contributed by atoms with Gasteiger partial charge in [0.2, 0.25) is 0 Å². The van der Waals surface area contributed by atoms with Crippen molar-refractivity contribution in [2.45, 2.75) is 31.7 Å². The van der Waals surface area contributed by atoms with Crippen LogP contribution in [0.4, 0.5) is 0 Å². The molecule has 0 heterocycles. The molecule has 72 valence electrons. The van der Waals surface area contributed by atoms with E-state index in [1.165, 1.54) is 6.42 Å². The fourth-order valence-electron chi connectivity index (χ4n) is 1.09. The first-order valence-corrected chi connectivity index (χ1v) is 4.68. The molecule has 0 fully saturated rings. The van der Waals surface area contributed by atoms with Crippen molar-refractivity contribution < 1.29 is 0 Å². The number of nitrogens with zero attached hydrogens (tertiary/aromatic N) is 1. The molecule has 0 amide bonds. The van der Waals surface area contributed by atoms with E-state index < -0.39 is 0 Å². The summed E-state index contributed by atoms with van der Waals surface area (Å²) in [5.41, 5.74) is 5.90. The molecule has 0 spiro atoms. The van der Waals surface area contributed by atoms with Crippen LogP contribution in [0.15, 0.2) is 12.7 Å². The van der Waals surface area contributed by atoms with Gasteiger partial charge in [0.25, 0.3) is 0 Å². The van der Waals surface area contributed by atoms with E-state index in [1.54, 1.807) is 0 Å².